The van der Waals surface area contributed by atoms with Gasteiger partial charge in [-0.15, -0.1) is 0 Å². The van der Waals surface area contributed by atoms with Crippen molar-refractivity contribution in [3.05, 3.63) is 0 Å². The number of ether oxygens (including phenoxy) is 1. The van der Waals surface area contributed by atoms with Crippen LogP contribution in [0.3, 0.4) is 0 Å². The fourth-order valence-corrected chi connectivity index (χ4v) is 2.27. The maximum atomic E-state index is 10.3. The molecule has 0 bridgehead atoms. The molecule has 0 radical (unpaired) electrons. The zero-order valence-electron chi connectivity index (χ0n) is 9.70. The van der Waals surface area contributed by atoms with Crippen LogP contribution in [0.2, 0.25) is 0 Å². The highest BCUT2D eigenvalue weighted by Gasteiger charge is 2.34. The Hall–Kier alpha value is -0.160. The molecule has 1 aliphatic heterocycles. The molecule has 1 fully saturated rings. The molecule has 15 heavy (non-hydrogen) atoms. The van der Waals surface area contributed by atoms with Crippen LogP contribution in [0.25, 0.3) is 0 Å². The van der Waals surface area contributed by atoms with Gasteiger partial charge in [0.05, 0.1) is 11.7 Å². The van der Waals surface area contributed by atoms with Gasteiger partial charge >= 0.3 is 0 Å². The van der Waals surface area contributed by atoms with Crippen molar-refractivity contribution in [2.24, 2.45) is 5.92 Å². The molecule has 0 aromatic heterocycles. The first-order chi connectivity index (χ1) is 7.06. The minimum absolute atomic E-state index is 0.248. The summed E-state index contributed by atoms with van der Waals surface area (Å²) in [6, 6.07) is 0. The lowest BCUT2D eigenvalue weighted by Crippen LogP contribution is -2.42. The summed E-state index contributed by atoms with van der Waals surface area (Å²) in [7, 11) is 1.80. The van der Waals surface area contributed by atoms with Crippen molar-refractivity contribution < 1.29 is 14.9 Å². The standard InChI is InChI=1S/C11H23NO3/c1-11(14,7-10(13)8-12-2)9-3-5-15-6-4-9/h9-10,12-14H,3-8H2,1-2H3. The minimum Gasteiger partial charge on any atom is -0.392 e. The Labute approximate surface area is 91.6 Å². The summed E-state index contributed by atoms with van der Waals surface area (Å²) in [5.74, 6) is 0.248. The molecule has 0 spiro atoms. The van der Waals surface area contributed by atoms with Crippen LogP contribution < -0.4 is 5.32 Å². The van der Waals surface area contributed by atoms with E-state index in [1.807, 2.05) is 6.92 Å². The van der Waals surface area contributed by atoms with Crippen molar-refractivity contribution in [2.45, 2.75) is 37.9 Å². The highest BCUT2D eigenvalue weighted by atomic mass is 16.5. The Morgan fingerprint density at radius 1 is 1.47 bits per heavy atom. The quantitative estimate of drug-likeness (QED) is 0.613. The lowest BCUT2D eigenvalue weighted by atomic mass is 9.80. The first-order valence-electron chi connectivity index (χ1n) is 5.69. The van der Waals surface area contributed by atoms with E-state index in [2.05, 4.69) is 5.32 Å². The Morgan fingerprint density at radius 2 is 2.07 bits per heavy atom. The summed E-state index contributed by atoms with van der Waals surface area (Å²) in [5, 5.41) is 22.9. The van der Waals surface area contributed by atoms with Crippen molar-refractivity contribution in [2.75, 3.05) is 26.8 Å². The summed E-state index contributed by atoms with van der Waals surface area (Å²) in [6.07, 6.45) is 1.73. The van der Waals surface area contributed by atoms with Crippen molar-refractivity contribution in [3.8, 4) is 0 Å². The molecular formula is C11H23NO3. The van der Waals surface area contributed by atoms with Gasteiger partial charge in [-0.1, -0.05) is 0 Å². The Morgan fingerprint density at radius 3 is 2.60 bits per heavy atom. The summed E-state index contributed by atoms with van der Waals surface area (Å²) in [4.78, 5) is 0. The normalized spacial score (nSPS) is 24.8. The van der Waals surface area contributed by atoms with Gasteiger partial charge in [0.2, 0.25) is 0 Å². The molecule has 90 valence electrons. The zero-order chi connectivity index (χ0) is 11.3. The second kappa shape index (κ2) is 5.80. The van der Waals surface area contributed by atoms with Gasteiger partial charge in [0.25, 0.3) is 0 Å². The number of likely N-dealkylation sites (N-methyl/N-ethyl adjacent to an activating group) is 1. The number of aliphatic hydroxyl groups is 2. The fourth-order valence-electron chi connectivity index (χ4n) is 2.27. The maximum Gasteiger partial charge on any atom is 0.0691 e. The second-order valence-corrected chi connectivity index (χ2v) is 4.66. The van der Waals surface area contributed by atoms with Crippen LogP contribution in [0.1, 0.15) is 26.2 Å². The molecule has 1 rings (SSSR count). The van der Waals surface area contributed by atoms with Gasteiger partial charge in [0, 0.05) is 26.2 Å². The van der Waals surface area contributed by atoms with Crippen LogP contribution in [0.5, 0.6) is 0 Å². The van der Waals surface area contributed by atoms with E-state index in [4.69, 9.17) is 4.74 Å². The molecule has 4 nitrogen and oxygen atoms in total. The lowest BCUT2D eigenvalue weighted by molar-refractivity contribution is -0.0772. The van der Waals surface area contributed by atoms with E-state index in [0.717, 1.165) is 26.1 Å². The average Bonchev–Trinajstić information content (AvgIpc) is 2.18. The molecular weight excluding hydrogens is 194 g/mol. The highest BCUT2D eigenvalue weighted by Crippen LogP contribution is 2.30. The summed E-state index contributed by atoms with van der Waals surface area (Å²) in [5.41, 5.74) is -0.778. The Balaban J connectivity index is 2.41. The third kappa shape index (κ3) is 4.07. The number of rotatable bonds is 5. The van der Waals surface area contributed by atoms with Crippen LogP contribution >= 0.6 is 0 Å². The topological polar surface area (TPSA) is 61.7 Å². The monoisotopic (exact) mass is 217 g/mol. The Kier molecular flexibility index (Phi) is 4.99. The van der Waals surface area contributed by atoms with Crippen LogP contribution in [0.15, 0.2) is 0 Å². The molecule has 3 N–H and O–H groups in total. The lowest BCUT2D eigenvalue weighted by Gasteiger charge is -2.36. The zero-order valence-corrected chi connectivity index (χ0v) is 9.70. The molecule has 0 saturated carbocycles. The third-order valence-corrected chi connectivity index (χ3v) is 3.19. The third-order valence-electron chi connectivity index (χ3n) is 3.19. The van der Waals surface area contributed by atoms with Crippen LogP contribution in [0.4, 0.5) is 0 Å². The molecule has 0 amide bonds. The van der Waals surface area contributed by atoms with Gasteiger partial charge in [0.1, 0.15) is 0 Å². The number of hydrogen-bond donors (Lipinski definition) is 3. The van der Waals surface area contributed by atoms with Gasteiger partial charge in [-0.2, -0.15) is 0 Å². The van der Waals surface area contributed by atoms with E-state index in [1.54, 1.807) is 7.05 Å². The maximum absolute atomic E-state index is 10.3. The van der Waals surface area contributed by atoms with E-state index in [9.17, 15) is 10.2 Å². The van der Waals surface area contributed by atoms with E-state index < -0.39 is 11.7 Å². The summed E-state index contributed by atoms with van der Waals surface area (Å²) < 4.78 is 5.26. The predicted octanol–water partition coefficient (Wildman–Crippen LogP) is 0.134. The predicted molar refractivity (Wildman–Crippen MR) is 58.7 cm³/mol. The van der Waals surface area contributed by atoms with E-state index >= 15 is 0 Å². The van der Waals surface area contributed by atoms with Gasteiger partial charge in [-0.05, 0) is 32.7 Å². The van der Waals surface area contributed by atoms with Crippen LogP contribution in [0, 0.1) is 5.92 Å². The van der Waals surface area contributed by atoms with Gasteiger partial charge in [0.15, 0.2) is 0 Å². The first kappa shape index (κ1) is 12.9. The van der Waals surface area contributed by atoms with Gasteiger partial charge < -0.3 is 20.3 Å². The average molecular weight is 217 g/mol. The number of nitrogens with one attached hydrogen (secondary N) is 1. The molecule has 1 heterocycles. The minimum atomic E-state index is -0.778. The van der Waals surface area contributed by atoms with Crippen LogP contribution in [-0.4, -0.2) is 48.7 Å². The van der Waals surface area contributed by atoms with Gasteiger partial charge in [-0.25, -0.2) is 0 Å². The summed E-state index contributed by atoms with van der Waals surface area (Å²) in [6.45, 7) is 3.80. The highest BCUT2D eigenvalue weighted by molar-refractivity contribution is 4.86. The van der Waals surface area contributed by atoms with E-state index in [1.165, 1.54) is 0 Å². The molecule has 2 atom stereocenters. The van der Waals surface area contributed by atoms with Crippen molar-refractivity contribution in [1.82, 2.24) is 5.32 Å². The van der Waals surface area contributed by atoms with E-state index in [0.29, 0.717) is 13.0 Å². The molecule has 4 heteroatoms. The van der Waals surface area contributed by atoms with Gasteiger partial charge in [-0.3, -0.25) is 0 Å². The molecule has 0 aliphatic carbocycles. The van der Waals surface area contributed by atoms with E-state index in [-0.39, 0.29) is 5.92 Å². The largest absolute Gasteiger partial charge is 0.392 e. The molecule has 1 saturated heterocycles. The molecule has 0 aromatic carbocycles. The summed E-state index contributed by atoms with van der Waals surface area (Å²) >= 11 is 0. The molecule has 0 aromatic rings. The number of aliphatic hydroxyl groups excluding tert-OH is 1. The van der Waals surface area contributed by atoms with Crippen molar-refractivity contribution >= 4 is 0 Å². The molecule has 1 aliphatic rings. The SMILES string of the molecule is CNCC(O)CC(C)(O)C1CCOCC1. The smallest absolute Gasteiger partial charge is 0.0691 e. The molecule has 2 unspecified atom stereocenters. The van der Waals surface area contributed by atoms with Crippen molar-refractivity contribution in [1.29, 1.82) is 0 Å². The second-order valence-electron chi connectivity index (χ2n) is 4.66. The van der Waals surface area contributed by atoms with Crippen molar-refractivity contribution in [3.63, 3.8) is 0 Å². The fraction of sp³-hybridized carbons (Fsp3) is 1.00. The first-order valence-corrected chi connectivity index (χ1v) is 5.69. The Bertz CT molecular complexity index is 179. The number of hydrogen-bond acceptors (Lipinski definition) is 4. The van der Waals surface area contributed by atoms with Crippen LogP contribution in [-0.2, 0) is 4.74 Å².